The van der Waals surface area contributed by atoms with E-state index in [1.54, 1.807) is 7.11 Å². The lowest BCUT2D eigenvalue weighted by atomic mass is 10.1. The van der Waals surface area contributed by atoms with Crippen LogP contribution in [-0.4, -0.2) is 17.1 Å². The van der Waals surface area contributed by atoms with Crippen molar-refractivity contribution in [2.24, 2.45) is 0 Å². The van der Waals surface area contributed by atoms with Crippen LogP contribution in [0.1, 0.15) is 17.1 Å². The number of halogens is 1. The van der Waals surface area contributed by atoms with Crippen molar-refractivity contribution < 1.29 is 4.74 Å². The Kier molecular flexibility index (Phi) is 3.84. The zero-order valence-corrected chi connectivity index (χ0v) is 11.5. The molecule has 0 unspecified atom stereocenters. The average Bonchev–Trinajstić information content (AvgIpc) is 2.65. The fourth-order valence-electron chi connectivity index (χ4n) is 1.78. The van der Waals surface area contributed by atoms with E-state index in [1.165, 1.54) is 5.56 Å². The molecule has 0 aliphatic rings. The van der Waals surface area contributed by atoms with E-state index < -0.39 is 0 Å². The van der Waals surface area contributed by atoms with Crippen molar-refractivity contribution >= 4 is 15.9 Å². The molecule has 1 aromatic carbocycles. The number of aromatic nitrogens is 2. The molecule has 0 amide bonds. The first-order valence-corrected chi connectivity index (χ1v) is 6.32. The molecule has 2 aromatic rings. The van der Waals surface area contributed by atoms with Crippen LogP contribution in [0.4, 0.5) is 0 Å². The summed E-state index contributed by atoms with van der Waals surface area (Å²) in [4.78, 5) is 7.55. The van der Waals surface area contributed by atoms with Crippen LogP contribution < -0.4 is 4.74 Å². The molecule has 0 radical (unpaired) electrons. The van der Waals surface area contributed by atoms with E-state index in [-0.39, 0.29) is 0 Å². The number of aromatic amines is 1. The summed E-state index contributed by atoms with van der Waals surface area (Å²) in [5.41, 5.74) is 2.41. The zero-order chi connectivity index (χ0) is 12.3. The molecular weight excluding hydrogens is 280 g/mol. The molecule has 0 saturated heterocycles. The van der Waals surface area contributed by atoms with Gasteiger partial charge in [-0.1, -0.05) is 12.1 Å². The molecule has 0 saturated carbocycles. The van der Waals surface area contributed by atoms with Crippen LogP contribution in [0.3, 0.4) is 0 Å². The highest BCUT2D eigenvalue weighted by atomic mass is 79.9. The molecule has 0 aliphatic carbocycles. The highest BCUT2D eigenvalue weighted by Crippen LogP contribution is 2.18. The van der Waals surface area contributed by atoms with Crippen molar-refractivity contribution in [1.29, 1.82) is 0 Å². The minimum absolute atomic E-state index is 0.905. The van der Waals surface area contributed by atoms with E-state index in [0.717, 1.165) is 34.7 Å². The number of methoxy groups -OCH3 is 1. The molecule has 1 heterocycles. The van der Waals surface area contributed by atoms with Gasteiger partial charge in [0, 0.05) is 5.69 Å². The van der Waals surface area contributed by atoms with Crippen LogP contribution >= 0.6 is 15.9 Å². The highest BCUT2D eigenvalue weighted by Gasteiger charge is 2.05. The Bertz CT molecular complexity index is 508. The van der Waals surface area contributed by atoms with Gasteiger partial charge < -0.3 is 9.72 Å². The second-order valence-corrected chi connectivity index (χ2v) is 4.69. The number of hydrogen-bond acceptors (Lipinski definition) is 2. The van der Waals surface area contributed by atoms with E-state index in [2.05, 4.69) is 38.0 Å². The molecule has 3 nitrogen and oxygen atoms in total. The number of H-pyrrole nitrogens is 1. The van der Waals surface area contributed by atoms with E-state index in [4.69, 9.17) is 4.74 Å². The lowest BCUT2D eigenvalue weighted by Gasteiger charge is -2.03. The van der Waals surface area contributed by atoms with Crippen molar-refractivity contribution in [3.05, 3.63) is 46.0 Å². The molecule has 0 atom stereocenters. The smallest absolute Gasteiger partial charge is 0.127 e. The highest BCUT2D eigenvalue weighted by molar-refractivity contribution is 9.10. The monoisotopic (exact) mass is 294 g/mol. The van der Waals surface area contributed by atoms with Crippen LogP contribution in [0.2, 0.25) is 0 Å². The molecular formula is C13H15BrN2O. The largest absolute Gasteiger partial charge is 0.497 e. The van der Waals surface area contributed by atoms with Crippen LogP contribution in [0.15, 0.2) is 28.9 Å². The molecule has 90 valence electrons. The van der Waals surface area contributed by atoms with E-state index in [1.807, 2.05) is 19.1 Å². The van der Waals surface area contributed by atoms with Crippen molar-refractivity contribution in [3.8, 4) is 5.75 Å². The summed E-state index contributed by atoms with van der Waals surface area (Å²) < 4.78 is 6.12. The van der Waals surface area contributed by atoms with E-state index in [0.29, 0.717) is 0 Å². The van der Waals surface area contributed by atoms with Gasteiger partial charge in [-0.05, 0) is 53.4 Å². The van der Waals surface area contributed by atoms with Gasteiger partial charge in [0.25, 0.3) is 0 Å². The predicted molar refractivity (Wildman–Crippen MR) is 71.4 cm³/mol. The molecule has 17 heavy (non-hydrogen) atoms. The summed E-state index contributed by atoms with van der Waals surface area (Å²) >= 11 is 3.45. The first kappa shape index (κ1) is 12.2. The van der Waals surface area contributed by atoms with Gasteiger partial charge in [-0.2, -0.15) is 0 Å². The lowest BCUT2D eigenvalue weighted by molar-refractivity contribution is 0.414. The zero-order valence-electron chi connectivity index (χ0n) is 9.96. The minimum atomic E-state index is 0.905. The fourth-order valence-corrected chi connectivity index (χ4v) is 2.34. The van der Waals surface area contributed by atoms with E-state index in [9.17, 15) is 0 Å². The van der Waals surface area contributed by atoms with Gasteiger partial charge in [-0.25, -0.2) is 4.98 Å². The van der Waals surface area contributed by atoms with Gasteiger partial charge in [0.05, 0.1) is 7.11 Å². The Morgan fingerprint density at radius 2 is 2.18 bits per heavy atom. The Labute approximate surface area is 109 Å². The normalized spacial score (nSPS) is 10.5. The van der Waals surface area contributed by atoms with Gasteiger partial charge >= 0.3 is 0 Å². The van der Waals surface area contributed by atoms with Gasteiger partial charge in [0.2, 0.25) is 0 Å². The van der Waals surface area contributed by atoms with Crippen LogP contribution in [0.5, 0.6) is 5.75 Å². The molecule has 1 N–H and O–H groups in total. The standard InChI is InChI=1S/C13H15BrN2O/c1-9-15-12(13(14)16-9)7-6-10-4-3-5-11(8-10)17-2/h3-5,8H,6-7H2,1-2H3,(H,15,16). The second-order valence-electron chi connectivity index (χ2n) is 3.94. The Balaban J connectivity index is 2.04. The first-order chi connectivity index (χ1) is 8.19. The van der Waals surface area contributed by atoms with Crippen LogP contribution in [0, 0.1) is 6.92 Å². The number of ether oxygens (including phenoxy) is 1. The third-order valence-corrected chi connectivity index (χ3v) is 3.30. The van der Waals surface area contributed by atoms with Gasteiger partial charge in [-0.3, -0.25) is 0 Å². The quantitative estimate of drug-likeness (QED) is 0.940. The summed E-state index contributed by atoms with van der Waals surface area (Å²) in [6, 6.07) is 8.15. The number of aryl methyl sites for hydroxylation is 3. The number of hydrogen-bond donors (Lipinski definition) is 1. The Morgan fingerprint density at radius 1 is 1.35 bits per heavy atom. The van der Waals surface area contributed by atoms with Crippen LogP contribution in [0.25, 0.3) is 0 Å². The summed E-state index contributed by atoms with van der Waals surface area (Å²) in [7, 11) is 1.69. The maximum atomic E-state index is 5.21. The molecule has 0 fully saturated rings. The topological polar surface area (TPSA) is 37.9 Å². The van der Waals surface area contributed by atoms with Gasteiger partial charge in [0.1, 0.15) is 16.2 Å². The second kappa shape index (κ2) is 5.36. The van der Waals surface area contributed by atoms with Crippen molar-refractivity contribution in [3.63, 3.8) is 0 Å². The van der Waals surface area contributed by atoms with Gasteiger partial charge in [0.15, 0.2) is 0 Å². The molecule has 0 bridgehead atoms. The number of nitrogens with zero attached hydrogens (tertiary/aromatic N) is 1. The Hall–Kier alpha value is -1.29. The fraction of sp³-hybridized carbons (Fsp3) is 0.308. The maximum Gasteiger partial charge on any atom is 0.127 e. The van der Waals surface area contributed by atoms with Crippen molar-refractivity contribution in [2.45, 2.75) is 19.8 Å². The number of rotatable bonds is 4. The molecule has 0 spiro atoms. The summed E-state index contributed by atoms with van der Waals surface area (Å²) in [6.07, 6.45) is 1.91. The summed E-state index contributed by atoms with van der Waals surface area (Å²) in [6.45, 7) is 1.96. The SMILES string of the molecule is COc1cccc(CCc2[nH]c(C)nc2Br)c1. The number of imidazole rings is 1. The third kappa shape index (κ3) is 3.09. The maximum absolute atomic E-state index is 5.21. The van der Waals surface area contributed by atoms with E-state index >= 15 is 0 Å². The number of benzene rings is 1. The molecule has 1 aromatic heterocycles. The molecule has 4 heteroatoms. The molecule has 2 rings (SSSR count). The lowest BCUT2D eigenvalue weighted by Crippen LogP contribution is -1.93. The first-order valence-electron chi connectivity index (χ1n) is 5.53. The summed E-state index contributed by atoms with van der Waals surface area (Å²) in [5, 5.41) is 0. The average molecular weight is 295 g/mol. The van der Waals surface area contributed by atoms with Gasteiger partial charge in [-0.15, -0.1) is 0 Å². The van der Waals surface area contributed by atoms with Crippen molar-refractivity contribution in [2.75, 3.05) is 7.11 Å². The molecule has 0 aliphatic heterocycles. The minimum Gasteiger partial charge on any atom is -0.497 e. The van der Waals surface area contributed by atoms with Crippen molar-refractivity contribution in [1.82, 2.24) is 9.97 Å². The summed E-state index contributed by atoms with van der Waals surface area (Å²) in [5.74, 6) is 1.85. The van der Waals surface area contributed by atoms with Crippen LogP contribution in [-0.2, 0) is 12.8 Å². The predicted octanol–water partition coefficient (Wildman–Crippen LogP) is 3.27. The Morgan fingerprint density at radius 3 is 2.82 bits per heavy atom. The number of nitrogens with one attached hydrogen (secondary N) is 1. The third-order valence-electron chi connectivity index (χ3n) is 2.64.